The number of piperazine rings is 1. The number of amides is 2. The van der Waals surface area contributed by atoms with Gasteiger partial charge in [0.2, 0.25) is 11.8 Å². The first kappa shape index (κ1) is 13.3. The SMILES string of the molecule is CCC1C(=O)NC(C2CC2)C(=O)N1C1CCCSC1. The van der Waals surface area contributed by atoms with Gasteiger partial charge in [-0.1, -0.05) is 6.92 Å². The number of carbonyl (C=O) groups is 2. The highest BCUT2D eigenvalue weighted by molar-refractivity contribution is 7.99. The Labute approximate surface area is 118 Å². The van der Waals surface area contributed by atoms with Gasteiger partial charge in [-0.15, -0.1) is 0 Å². The Kier molecular flexibility index (Phi) is 3.74. The molecule has 3 unspecified atom stereocenters. The Morgan fingerprint density at radius 2 is 2.11 bits per heavy atom. The molecule has 1 aliphatic carbocycles. The molecule has 1 N–H and O–H groups in total. The van der Waals surface area contributed by atoms with E-state index in [9.17, 15) is 9.59 Å². The Morgan fingerprint density at radius 3 is 2.68 bits per heavy atom. The van der Waals surface area contributed by atoms with Gasteiger partial charge in [0.15, 0.2) is 0 Å². The van der Waals surface area contributed by atoms with Crippen LogP contribution in [0.1, 0.15) is 39.0 Å². The van der Waals surface area contributed by atoms with Crippen LogP contribution in [0.4, 0.5) is 0 Å². The summed E-state index contributed by atoms with van der Waals surface area (Å²) in [6.45, 7) is 2.00. The van der Waals surface area contributed by atoms with Gasteiger partial charge >= 0.3 is 0 Å². The minimum Gasteiger partial charge on any atom is -0.342 e. The summed E-state index contributed by atoms with van der Waals surface area (Å²) >= 11 is 1.91. The van der Waals surface area contributed by atoms with Crippen molar-refractivity contribution in [2.24, 2.45) is 5.92 Å². The zero-order chi connectivity index (χ0) is 13.4. The van der Waals surface area contributed by atoms with Crippen molar-refractivity contribution < 1.29 is 9.59 Å². The Hall–Kier alpha value is -0.710. The maximum atomic E-state index is 12.7. The van der Waals surface area contributed by atoms with Gasteiger partial charge in [0.05, 0.1) is 0 Å². The smallest absolute Gasteiger partial charge is 0.246 e. The molecular formula is C14H22N2O2S. The molecule has 0 aromatic carbocycles. The van der Waals surface area contributed by atoms with E-state index in [0.29, 0.717) is 5.92 Å². The van der Waals surface area contributed by atoms with Gasteiger partial charge in [0.25, 0.3) is 0 Å². The lowest BCUT2D eigenvalue weighted by atomic mass is 9.98. The number of nitrogens with zero attached hydrogens (tertiary/aromatic N) is 1. The van der Waals surface area contributed by atoms with Gasteiger partial charge in [0.1, 0.15) is 12.1 Å². The van der Waals surface area contributed by atoms with Crippen molar-refractivity contribution in [3.63, 3.8) is 0 Å². The number of rotatable bonds is 3. The predicted octanol–water partition coefficient (Wildman–Crippen LogP) is 1.40. The molecule has 3 fully saturated rings. The van der Waals surface area contributed by atoms with Crippen LogP contribution in [0.15, 0.2) is 0 Å². The van der Waals surface area contributed by atoms with Crippen LogP contribution in [-0.2, 0) is 9.59 Å². The molecule has 4 nitrogen and oxygen atoms in total. The quantitative estimate of drug-likeness (QED) is 0.851. The summed E-state index contributed by atoms with van der Waals surface area (Å²) < 4.78 is 0. The lowest BCUT2D eigenvalue weighted by molar-refractivity contribution is -0.152. The van der Waals surface area contributed by atoms with Crippen molar-refractivity contribution in [3.8, 4) is 0 Å². The van der Waals surface area contributed by atoms with Crippen LogP contribution >= 0.6 is 11.8 Å². The predicted molar refractivity (Wildman–Crippen MR) is 75.9 cm³/mol. The summed E-state index contributed by atoms with van der Waals surface area (Å²) in [6.07, 6.45) is 5.10. The van der Waals surface area contributed by atoms with Crippen LogP contribution in [0.25, 0.3) is 0 Å². The second-order valence-corrected chi connectivity index (χ2v) is 7.01. The molecule has 5 heteroatoms. The summed E-state index contributed by atoms with van der Waals surface area (Å²) in [5.41, 5.74) is 0. The third-order valence-electron chi connectivity index (χ3n) is 4.47. The molecule has 2 saturated heterocycles. The van der Waals surface area contributed by atoms with E-state index in [1.807, 2.05) is 23.6 Å². The average Bonchev–Trinajstić information content (AvgIpc) is 3.26. The van der Waals surface area contributed by atoms with Crippen LogP contribution in [0.3, 0.4) is 0 Å². The van der Waals surface area contributed by atoms with Gasteiger partial charge in [-0.05, 0) is 43.8 Å². The maximum absolute atomic E-state index is 12.7. The summed E-state index contributed by atoms with van der Waals surface area (Å²) in [7, 11) is 0. The molecule has 106 valence electrons. The molecule has 2 aliphatic heterocycles. The number of carbonyl (C=O) groups excluding carboxylic acids is 2. The van der Waals surface area contributed by atoms with Crippen molar-refractivity contribution >= 4 is 23.6 Å². The molecule has 3 atom stereocenters. The largest absolute Gasteiger partial charge is 0.342 e. The second kappa shape index (κ2) is 5.35. The van der Waals surface area contributed by atoms with Crippen molar-refractivity contribution in [2.45, 2.75) is 57.2 Å². The molecule has 0 spiro atoms. The van der Waals surface area contributed by atoms with Crippen molar-refractivity contribution in [2.75, 3.05) is 11.5 Å². The molecule has 2 amide bonds. The van der Waals surface area contributed by atoms with Crippen LogP contribution in [0.5, 0.6) is 0 Å². The third-order valence-corrected chi connectivity index (χ3v) is 5.66. The first-order valence-electron chi connectivity index (χ1n) is 7.42. The molecule has 19 heavy (non-hydrogen) atoms. The number of thioether (sulfide) groups is 1. The topological polar surface area (TPSA) is 49.4 Å². The number of hydrogen-bond acceptors (Lipinski definition) is 3. The highest BCUT2D eigenvalue weighted by Crippen LogP contribution is 2.36. The minimum atomic E-state index is -0.244. The van der Waals surface area contributed by atoms with E-state index in [1.165, 1.54) is 5.75 Å². The molecule has 0 radical (unpaired) electrons. The van der Waals surface area contributed by atoms with Gasteiger partial charge in [-0.25, -0.2) is 0 Å². The monoisotopic (exact) mass is 282 g/mol. The zero-order valence-corrected chi connectivity index (χ0v) is 12.2. The van der Waals surface area contributed by atoms with Gasteiger partial charge in [-0.2, -0.15) is 11.8 Å². The molecule has 0 aromatic rings. The zero-order valence-electron chi connectivity index (χ0n) is 11.4. The molecule has 1 saturated carbocycles. The van der Waals surface area contributed by atoms with Crippen LogP contribution in [0.2, 0.25) is 0 Å². The third kappa shape index (κ3) is 2.49. The molecule has 3 aliphatic rings. The van der Waals surface area contributed by atoms with E-state index < -0.39 is 0 Å². The normalized spacial score (nSPS) is 36.3. The van der Waals surface area contributed by atoms with Crippen LogP contribution in [0, 0.1) is 5.92 Å². The summed E-state index contributed by atoms with van der Waals surface area (Å²) in [5, 5.41) is 2.96. The fraction of sp³-hybridized carbons (Fsp3) is 0.857. The Balaban J connectivity index is 1.81. The van der Waals surface area contributed by atoms with Gasteiger partial charge in [-0.3, -0.25) is 9.59 Å². The van der Waals surface area contributed by atoms with Crippen LogP contribution in [-0.4, -0.2) is 46.3 Å². The highest BCUT2D eigenvalue weighted by Gasteiger charge is 2.48. The number of hydrogen-bond donors (Lipinski definition) is 1. The first-order valence-corrected chi connectivity index (χ1v) is 8.58. The lowest BCUT2D eigenvalue weighted by Gasteiger charge is -2.44. The maximum Gasteiger partial charge on any atom is 0.246 e. The summed E-state index contributed by atoms with van der Waals surface area (Å²) in [4.78, 5) is 26.9. The van der Waals surface area contributed by atoms with E-state index in [-0.39, 0.29) is 29.9 Å². The Bertz CT molecular complexity index is 378. The van der Waals surface area contributed by atoms with Gasteiger partial charge < -0.3 is 10.2 Å². The van der Waals surface area contributed by atoms with Crippen molar-refractivity contribution in [1.82, 2.24) is 10.2 Å². The van der Waals surface area contributed by atoms with Crippen LogP contribution < -0.4 is 5.32 Å². The highest BCUT2D eigenvalue weighted by atomic mass is 32.2. The fourth-order valence-electron chi connectivity index (χ4n) is 3.26. The molecule has 3 rings (SSSR count). The lowest BCUT2D eigenvalue weighted by Crippen LogP contribution is -2.66. The fourth-order valence-corrected chi connectivity index (χ4v) is 4.40. The Morgan fingerprint density at radius 1 is 1.32 bits per heavy atom. The molecular weight excluding hydrogens is 260 g/mol. The molecule has 0 bridgehead atoms. The van der Waals surface area contributed by atoms with E-state index in [2.05, 4.69) is 5.32 Å². The minimum absolute atomic E-state index is 0.0644. The standard InChI is InChI=1S/C14H22N2O2S/c1-2-11-13(17)15-12(9-5-6-9)14(18)16(11)10-4-3-7-19-8-10/h9-12H,2-8H2,1H3,(H,15,17). The van der Waals surface area contributed by atoms with Crippen molar-refractivity contribution in [3.05, 3.63) is 0 Å². The summed E-state index contributed by atoms with van der Waals surface area (Å²) in [5.74, 6) is 2.82. The van der Waals surface area contributed by atoms with Gasteiger partial charge in [0, 0.05) is 11.8 Å². The van der Waals surface area contributed by atoms with E-state index in [4.69, 9.17) is 0 Å². The van der Waals surface area contributed by atoms with E-state index in [1.54, 1.807) is 0 Å². The van der Waals surface area contributed by atoms with E-state index >= 15 is 0 Å². The first-order chi connectivity index (χ1) is 9.22. The molecule has 0 aromatic heterocycles. The summed E-state index contributed by atoms with van der Waals surface area (Å²) in [6, 6.07) is -0.211. The van der Waals surface area contributed by atoms with Crippen molar-refractivity contribution in [1.29, 1.82) is 0 Å². The average molecular weight is 282 g/mol. The van der Waals surface area contributed by atoms with E-state index in [0.717, 1.165) is 37.9 Å². The number of nitrogens with one attached hydrogen (secondary N) is 1. The second-order valence-electron chi connectivity index (χ2n) is 5.86. The molecule has 2 heterocycles.